The molecule has 0 spiro atoms. The highest BCUT2D eigenvalue weighted by Gasteiger charge is 2.05. The van der Waals surface area contributed by atoms with Gasteiger partial charge in [0.25, 0.3) is 0 Å². The summed E-state index contributed by atoms with van der Waals surface area (Å²) in [6, 6.07) is 5.78. The van der Waals surface area contributed by atoms with Gasteiger partial charge in [-0.25, -0.2) is 4.98 Å². The predicted molar refractivity (Wildman–Crippen MR) is 68.6 cm³/mol. The summed E-state index contributed by atoms with van der Waals surface area (Å²) in [6.07, 6.45) is 1.79. The minimum Gasteiger partial charge on any atom is -0.370 e. The maximum Gasteiger partial charge on any atom is 0.133 e. The number of halogens is 2. The zero-order valence-corrected chi connectivity index (χ0v) is 10.6. The highest BCUT2D eigenvalue weighted by Crippen LogP contribution is 2.31. The molecule has 0 saturated heterocycles. The fraction of sp³-hybridized carbons (Fsp3) is 0.182. The van der Waals surface area contributed by atoms with Gasteiger partial charge in [0.2, 0.25) is 0 Å². The molecule has 2 aromatic rings. The number of nitrogens with zero attached hydrogens (tertiary/aromatic N) is 1. The van der Waals surface area contributed by atoms with Gasteiger partial charge in [-0.05, 0) is 25.1 Å². The van der Waals surface area contributed by atoms with E-state index in [4.69, 9.17) is 11.6 Å². The topological polar surface area (TPSA) is 24.9 Å². The van der Waals surface area contributed by atoms with Gasteiger partial charge in [-0.2, -0.15) is 0 Å². The van der Waals surface area contributed by atoms with Crippen molar-refractivity contribution in [2.45, 2.75) is 6.92 Å². The molecular formula is C11H10BrClN2. The zero-order chi connectivity index (χ0) is 10.8. The summed E-state index contributed by atoms with van der Waals surface area (Å²) in [4.78, 5) is 4.29. The van der Waals surface area contributed by atoms with E-state index in [0.29, 0.717) is 5.02 Å². The molecule has 0 aliphatic heterocycles. The van der Waals surface area contributed by atoms with E-state index < -0.39 is 0 Å². The second kappa shape index (κ2) is 4.37. The maximum absolute atomic E-state index is 6.01. The van der Waals surface area contributed by atoms with E-state index in [1.165, 1.54) is 0 Å². The number of nitrogens with one attached hydrogen (secondary N) is 1. The predicted octanol–water partition coefficient (Wildman–Crippen LogP) is 4.08. The van der Waals surface area contributed by atoms with Gasteiger partial charge < -0.3 is 5.32 Å². The van der Waals surface area contributed by atoms with Crippen LogP contribution in [0.2, 0.25) is 5.02 Å². The average Bonchev–Trinajstić information content (AvgIpc) is 2.19. The van der Waals surface area contributed by atoms with Crippen molar-refractivity contribution in [2.24, 2.45) is 0 Å². The Morgan fingerprint density at radius 1 is 1.40 bits per heavy atom. The third kappa shape index (κ3) is 2.08. The molecule has 2 rings (SSSR count). The lowest BCUT2D eigenvalue weighted by atomic mass is 10.1. The third-order valence-electron chi connectivity index (χ3n) is 2.14. The third-order valence-corrected chi connectivity index (χ3v) is 3.01. The number of aromatic nitrogens is 1. The van der Waals surface area contributed by atoms with E-state index >= 15 is 0 Å². The molecule has 0 radical (unpaired) electrons. The summed E-state index contributed by atoms with van der Waals surface area (Å²) in [5.74, 6) is 0.873. The molecule has 0 unspecified atom stereocenters. The molecule has 0 atom stereocenters. The number of pyridine rings is 1. The van der Waals surface area contributed by atoms with E-state index in [1.807, 2.05) is 25.1 Å². The van der Waals surface area contributed by atoms with Gasteiger partial charge in [0.1, 0.15) is 5.82 Å². The second-order valence-electron chi connectivity index (χ2n) is 3.17. The highest BCUT2D eigenvalue weighted by atomic mass is 79.9. The molecule has 4 heteroatoms. The Balaban J connectivity index is 2.73. The lowest BCUT2D eigenvalue weighted by Gasteiger charge is -2.08. The molecule has 1 heterocycles. The Morgan fingerprint density at radius 2 is 2.20 bits per heavy atom. The van der Waals surface area contributed by atoms with Crippen LogP contribution in [0.1, 0.15) is 6.92 Å². The minimum absolute atomic E-state index is 0.710. The molecule has 0 aliphatic carbocycles. The molecule has 78 valence electrons. The molecule has 0 fully saturated rings. The van der Waals surface area contributed by atoms with Crippen LogP contribution < -0.4 is 5.32 Å². The standard InChI is InChI=1S/C11H10BrClN2/c1-2-14-11-9-5-7(13)6-10(12)8(9)3-4-15-11/h3-6H,2H2,1H3,(H,14,15). The van der Waals surface area contributed by atoms with Crippen molar-refractivity contribution in [3.05, 3.63) is 33.9 Å². The number of benzene rings is 1. The van der Waals surface area contributed by atoms with Crippen LogP contribution in [-0.4, -0.2) is 11.5 Å². The number of hydrogen-bond donors (Lipinski definition) is 1. The summed E-state index contributed by atoms with van der Waals surface area (Å²) in [6.45, 7) is 2.89. The van der Waals surface area contributed by atoms with Crippen LogP contribution in [0.4, 0.5) is 5.82 Å². The number of hydrogen-bond acceptors (Lipinski definition) is 2. The van der Waals surface area contributed by atoms with Crippen LogP contribution >= 0.6 is 27.5 Å². The Bertz CT molecular complexity index is 499. The van der Waals surface area contributed by atoms with Gasteiger partial charge in [-0.3, -0.25) is 0 Å². The lowest BCUT2D eigenvalue weighted by molar-refractivity contribution is 1.17. The van der Waals surface area contributed by atoms with Crippen molar-refractivity contribution in [2.75, 3.05) is 11.9 Å². The lowest BCUT2D eigenvalue weighted by Crippen LogP contribution is -1.99. The Hall–Kier alpha value is -0.800. The fourth-order valence-electron chi connectivity index (χ4n) is 1.51. The Morgan fingerprint density at radius 3 is 2.93 bits per heavy atom. The van der Waals surface area contributed by atoms with Crippen molar-refractivity contribution in [1.82, 2.24) is 4.98 Å². The van der Waals surface area contributed by atoms with E-state index in [1.54, 1.807) is 6.20 Å². The Kier molecular flexibility index (Phi) is 3.12. The summed E-state index contributed by atoms with van der Waals surface area (Å²) in [5, 5.41) is 6.08. The summed E-state index contributed by atoms with van der Waals surface area (Å²) in [5.41, 5.74) is 0. The first-order chi connectivity index (χ1) is 7.22. The van der Waals surface area contributed by atoms with E-state index in [0.717, 1.165) is 27.6 Å². The van der Waals surface area contributed by atoms with Crippen molar-refractivity contribution in [3.63, 3.8) is 0 Å². The number of anilines is 1. The van der Waals surface area contributed by atoms with Crippen LogP contribution in [-0.2, 0) is 0 Å². The molecule has 1 aromatic carbocycles. The van der Waals surface area contributed by atoms with Gasteiger partial charge in [-0.1, -0.05) is 27.5 Å². The molecule has 2 nitrogen and oxygen atoms in total. The minimum atomic E-state index is 0.710. The number of fused-ring (bicyclic) bond motifs is 1. The number of rotatable bonds is 2. The molecule has 15 heavy (non-hydrogen) atoms. The van der Waals surface area contributed by atoms with Crippen LogP contribution in [0, 0.1) is 0 Å². The van der Waals surface area contributed by atoms with Crippen LogP contribution in [0.15, 0.2) is 28.9 Å². The first-order valence-electron chi connectivity index (χ1n) is 4.70. The smallest absolute Gasteiger partial charge is 0.133 e. The monoisotopic (exact) mass is 284 g/mol. The van der Waals surface area contributed by atoms with Crippen molar-refractivity contribution >= 4 is 44.1 Å². The summed E-state index contributed by atoms with van der Waals surface area (Å²) >= 11 is 9.50. The average molecular weight is 286 g/mol. The summed E-state index contributed by atoms with van der Waals surface area (Å²) in [7, 11) is 0. The van der Waals surface area contributed by atoms with Crippen LogP contribution in [0.25, 0.3) is 10.8 Å². The molecule has 1 aromatic heterocycles. The maximum atomic E-state index is 6.01. The molecule has 0 bridgehead atoms. The van der Waals surface area contributed by atoms with E-state index in [2.05, 4.69) is 26.2 Å². The van der Waals surface area contributed by atoms with E-state index in [9.17, 15) is 0 Å². The molecule has 0 aliphatic rings. The van der Waals surface area contributed by atoms with E-state index in [-0.39, 0.29) is 0 Å². The van der Waals surface area contributed by atoms with Crippen molar-refractivity contribution < 1.29 is 0 Å². The van der Waals surface area contributed by atoms with Crippen LogP contribution in [0.3, 0.4) is 0 Å². The molecule has 0 saturated carbocycles. The van der Waals surface area contributed by atoms with Crippen molar-refractivity contribution in [3.8, 4) is 0 Å². The fourth-order valence-corrected chi connectivity index (χ4v) is 2.46. The molecular weight excluding hydrogens is 275 g/mol. The highest BCUT2D eigenvalue weighted by molar-refractivity contribution is 9.10. The van der Waals surface area contributed by atoms with Crippen molar-refractivity contribution in [1.29, 1.82) is 0 Å². The van der Waals surface area contributed by atoms with Gasteiger partial charge in [0, 0.05) is 33.0 Å². The first kappa shape index (κ1) is 10.7. The van der Waals surface area contributed by atoms with Gasteiger partial charge >= 0.3 is 0 Å². The Labute approximate surface area is 102 Å². The SMILES string of the molecule is CCNc1nccc2c(Br)cc(Cl)cc12. The molecule has 1 N–H and O–H groups in total. The second-order valence-corrected chi connectivity index (χ2v) is 4.46. The zero-order valence-electron chi connectivity index (χ0n) is 8.22. The normalized spacial score (nSPS) is 10.6. The van der Waals surface area contributed by atoms with Gasteiger partial charge in [0.15, 0.2) is 0 Å². The van der Waals surface area contributed by atoms with Gasteiger partial charge in [0.05, 0.1) is 0 Å². The first-order valence-corrected chi connectivity index (χ1v) is 5.87. The quantitative estimate of drug-likeness (QED) is 0.899. The van der Waals surface area contributed by atoms with Gasteiger partial charge in [-0.15, -0.1) is 0 Å². The van der Waals surface area contributed by atoms with Crippen LogP contribution in [0.5, 0.6) is 0 Å². The molecule has 0 amide bonds. The summed E-state index contributed by atoms with van der Waals surface area (Å²) < 4.78 is 0.992. The largest absolute Gasteiger partial charge is 0.370 e.